The maximum absolute atomic E-state index is 12.7. The highest BCUT2D eigenvalue weighted by molar-refractivity contribution is 8.00. The van der Waals surface area contributed by atoms with Crippen molar-refractivity contribution in [1.29, 1.82) is 0 Å². The Hall–Kier alpha value is -3.53. The Morgan fingerprint density at radius 3 is 2.76 bits per heavy atom. The molecule has 2 aromatic carbocycles. The third-order valence-corrected chi connectivity index (χ3v) is 6.17. The molecule has 1 atom stereocenters. The van der Waals surface area contributed by atoms with Crippen molar-refractivity contribution in [2.75, 3.05) is 12.1 Å². The fraction of sp³-hybridized carbons (Fsp3) is 0.304. The van der Waals surface area contributed by atoms with Crippen LogP contribution in [0.3, 0.4) is 0 Å². The van der Waals surface area contributed by atoms with Crippen LogP contribution in [0.5, 0.6) is 11.5 Å². The second-order valence-electron chi connectivity index (χ2n) is 7.51. The Labute approximate surface area is 195 Å². The highest BCUT2D eigenvalue weighted by atomic mass is 32.2. The second kappa shape index (κ2) is 9.95. The first-order valence-electron chi connectivity index (χ1n) is 10.6. The van der Waals surface area contributed by atoms with Gasteiger partial charge in [0.05, 0.1) is 11.8 Å². The van der Waals surface area contributed by atoms with Crippen molar-refractivity contribution in [2.24, 2.45) is 0 Å². The van der Waals surface area contributed by atoms with E-state index in [-0.39, 0.29) is 25.2 Å². The molecule has 0 spiro atoms. The molecule has 0 saturated heterocycles. The van der Waals surface area contributed by atoms with Gasteiger partial charge in [0, 0.05) is 23.9 Å². The largest absolute Gasteiger partial charge is 0.454 e. The molecule has 10 heteroatoms. The van der Waals surface area contributed by atoms with Crippen LogP contribution in [0.15, 0.2) is 47.6 Å². The number of carbonyl (C=O) groups excluding carboxylic acids is 2. The molecule has 0 bridgehead atoms. The SMILES string of the molecule is CCn1c(CNC(=O)c2cccc(C)c2)nnc1SC(C)C(=O)Nc1ccc2c(c1)OCO2. The van der Waals surface area contributed by atoms with Gasteiger partial charge in [-0.2, -0.15) is 0 Å². The van der Waals surface area contributed by atoms with Gasteiger partial charge >= 0.3 is 0 Å². The number of ether oxygens (including phenoxy) is 2. The number of benzene rings is 2. The van der Waals surface area contributed by atoms with Crippen LogP contribution in [-0.2, 0) is 17.9 Å². The molecule has 1 unspecified atom stereocenters. The Bertz CT molecular complexity index is 1180. The molecule has 2 heterocycles. The molecule has 33 heavy (non-hydrogen) atoms. The molecule has 172 valence electrons. The Balaban J connectivity index is 1.37. The lowest BCUT2D eigenvalue weighted by Gasteiger charge is -2.13. The van der Waals surface area contributed by atoms with E-state index < -0.39 is 5.25 Å². The van der Waals surface area contributed by atoms with Gasteiger partial charge in [-0.1, -0.05) is 29.5 Å². The van der Waals surface area contributed by atoms with Crippen LogP contribution < -0.4 is 20.1 Å². The predicted octanol–water partition coefficient (Wildman–Crippen LogP) is 3.38. The summed E-state index contributed by atoms with van der Waals surface area (Å²) in [6, 6.07) is 12.7. The van der Waals surface area contributed by atoms with E-state index in [0.29, 0.717) is 40.3 Å². The minimum atomic E-state index is -0.417. The maximum Gasteiger partial charge on any atom is 0.251 e. The van der Waals surface area contributed by atoms with Gasteiger partial charge in [-0.25, -0.2) is 0 Å². The van der Waals surface area contributed by atoms with Crippen molar-refractivity contribution in [1.82, 2.24) is 20.1 Å². The van der Waals surface area contributed by atoms with Crippen LogP contribution in [0.4, 0.5) is 5.69 Å². The standard InChI is InChI=1S/C23H25N5O4S/c1-4-28-20(12-24-22(30)16-7-5-6-14(2)10-16)26-27-23(28)33-15(3)21(29)25-17-8-9-18-19(11-17)32-13-31-18/h5-11,15H,4,12-13H2,1-3H3,(H,24,30)(H,25,29). The van der Waals surface area contributed by atoms with Crippen LogP contribution in [0.25, 0.3) is 0 Å². The van der Waals surface area contributed by atoms with Gasteiger partial charge in [-0.15, -0.1) is 10.2 Å². The number of aryl methyl sites for hydroxylation is 1. The third-order valence-electron chi connectivity index (χ3n) is 5.09. The van der Waals surface area contributed by atoms with E-state index in [1.165, 1.54) is 11.8 Å². The van der Waals surface area contributed by atoms with Crippen LogP contribution in [0.2, 0.25) is 0 Å². The van der Waals surface area contributed by atoms with Crippen molar-refractivity contribution in [2.45, 2.75) is 44.3 Å². The number of carbonyl (C=O) groups is 2. The van der Waals surface area contributed by atoms with Crippen LogP contribution in [0.1, 0.15) is 35.6 Å². The summed E-state index contributed by atoms with van der Waals surface area (Å²) in [5.74, 6) is 1.56. The van der Waals surface area contributed by atoms with Crippen molar-refractivity contribution in [3.8, 4) is 11.5 Å². The summed E-state index contributed by atoms with van der Waals surface area (Å²) < 4.78 is 12.5. The fourth-order valence-electron chi connectivity index (χ4n) is 3.33. The zero-order valence-electron chi connectivity index (χ0n) is 18.6. The summed E-state index contributed by atoms with van der Waals surface area (Å²) >= 11 is 1.31. The molecular formula is C23H25N5O4S. The lowest BCUT2D eigenvalue weighted by molar-refractivity contribution is -0.115. The fourth-order valence-corrected chi connectivity index (χ4v) is 4.26. The average Bonchev–Trinajstić information content (AvgIpc) is 3.43. The van der Waals surface area contributed by atoms with E-state index in [0.717, 1.165) is 5.56 Å². The molecule has 0 saturated carbocycles. The number of thioether (sulfide) groups is 1. The number of nitrogens with zero attached hydrogens (tertiary/aromatic N) is 3. The molecule has 0 radical (unpaired) electrons. The molecule has 1 aliphatic rings. The van der Waals surface area contributed by atoms with Crippen LogP contribution >= 0.6 is 11.8 Å². The van der Waals surface area contributed by atoms with Crippen LogP contribution in [-0.4, -0.2) is 38.6 Å². The monoisotopic (exact) mass is 467 g/mol. The molecule has 3 aromatic rings. The lowest BCUT2D eigenvalue weighted by Crippen LogP contribution is -2.25. The van der Waals surface area contributed by atoms with E-state index >= 15 is 0 Å². The summed E-state index contributed by atoms with van der Waals surface area (Å²) in [6.07, 6.45) is 0. The zero-order chi connectivity index (χ0) is 23.4. The molecular weight excluding hydrogens is 442 g/mol. The number of amides is 2. The first-order valence-corrected chi connectivity index (χ1v) is 11.5. The van der Waals surface area contributed by atoms with Gasteiger partial charge in [-0.05, 0) is 45.0 Å². The number of hydrogen-bond acceptors (Lipinski definition) is 7. The molecule has 1 aliphatic heterocycles. The van der Waals surface area contributed by atoms with E-state index in [1.54, 1.807) is 31.2 Å². The molecule has 4 rings (SSSR count). The number of hydrogen-bond donors (Lipinski definition) is 2. The van der Waals surface area contributed by atoms with Crippen LogP contribution in [0, 0.1) is 6.92 Å². The van der Waals surface area contributed by atoms with E-state index in [1.807, 2.05) is 36.6 Å². The average molecular weight is 468 g/mol. The van der Waals surface area contributed by atoms with E-state index in [9.17, 15) is 9.59 Å². The third kappa shape index (κ3) is 5.28. The topological polar surface area (TPSA) is 107 Å². The predicted molar refractivity (Wildman–Crippen MR) is 125 cm³/mol. The molecule has 9 nitrogen and oxygen atoms in total. The van der Waals surface area contributed by atoms with Gasteiger partial charge in [0.2, 0.25) is 12.7 Å². The summed E-state index contributed by atoms with van der Waals surface area (Å²) in [5.41, 5.74) is 2.25. The molecule has 0 fully saturated rings. The first-order chi connectivity index (χ1) is 15.9. The quantitative estimate of drug-likeness (QED) is 0.489. The minimum Gasteiger partial charge on any atom is -0.454 e. The van der Waals surface area contributed by atoms with E-state index in [2.05, 4.69) is 20.8 Å². The molecule has 1 aromatic heterocycles. The van der Waals surface area contributed by atoms with Gasteiger partial charge in [0.25, 0.3) is 5.91 Å². The van der Waals surface area contributed by atoms with E-state index in [4.69, 9.17) is 9.47 Å². The van der Waals surface area contributed by atoms with Gasteiger partial charge in [0.15, 0.2) is 22.5 Å². The Morgan fingerprint density at radius 1 is 1.15 bits per heavy atom. The number of fused-ring (bicyclic) bond motifs is 1. The summed E-state index contributed by atoms with van der Waals surface area (Å²) in [7, 11) is 0. The summed E-state index contributed by atoms with van der Waals surface area (Å²) in [4.78, 5) is 25.1. The number of aromatic nitrogens is 3. The lowest BCUT2D eigenvalue weighted by atomic mass is 10.1. The summed E-state index contributed by atoms with van der Waals surface area (Å²) in [5, 5.41) is 14.4. The summed E-state index contributed by atoms with van der Waals surface area (Å²) in [6.45, 7) is 6.75. The van der Waals surface area contributed by atoms with Crippen molar-refractivity contribution in [3.63, 3.8) is 0 Å². The smallest absolute Gasteiger partial charge is 0.251 e. The second-order valence-corrected chi connectivity index (χ2v) is 8.82. The van der Waals surface area contributed by atoms with Crippen molar-refractivity contribution >= 4 is 29.3 Å². The van der Waals surface area contributed by atoms with Crippen molar-refractivity contribution < 1.29 is 19.1 Å². The maximum atomic E-state index is 12.7. The van der Waals surface area contributed by atoms with Gasteiger partial charge in [-0.3, -0.25) is 9.59 Å². The highest BCUT2D eigenvalue weighted by Crippen LogP contribution is 2.34. The normalized spacial score (nSPS) is 12.9. The molecule has 2 amide bonds. The van der Waals surface area contributed by atoms with Gasteiger partial charge in [0.1, 0.15) is 0 Å². The first kappa shape index (κ1) is 22.7. The zero-order valence-corrected chi connectivity index (χ0v) is 19.4. The molecule has 0 aliphatic carbocycles. The minimum absolute atomic E-state index is 0.168. The Morgan fingerprint density at radius 2 is 1.97 bits per heavy atom. The number of nitrogens with one attached hydrogen (secondary N) is 2. The van der Waals surface area contributed by atoms with Crippen molar-refractivity contribution in [3.05, 3.63) is 59.4 Å². The number of rotatable bonds is 8. The highest BCUT2D eigenvalue weighted by Gasteiger charge is 2.21. The number of anilines is 1. The van der Waals surface area contributed by atoms with Gasteiger partial charge < -0.3 is 24.7 Å². The Kier molecular flexibility index (Phi) is 6.83. The molecule has 2 N–H and O–H groups in total.